The van der Waals surface area contributed by atoms with Gasteiger partial charge in [0.2, 0.25) is 5.91 Å². The van der Waals surface area contributed by atoms with Crippen LogP contribution >= 0.6 is 0 Å². The molecule has 3 aromatic rings. The number of likely N-dealkylation sites (tertiary alicyclic amines) is 1. The molecule has 3 N–H and O–H groups in total. The molecule has 1 aliphatic rings. The molecule has 0 aliphatic carbocycles. The van der Waals surface area contributed by atoms with Gasteiger partial charge in [-0.2, -0.15) is 13.2 Å². The number of imidazole rings is 1. The van der Waals surface area contributed by atoms with Crippen LogP contribution in [0.2, 0.25) is 0 Å². The number of rotatable bonds is 3. The fourth-order valence-electron chi connectivity index (χ4n) is 4.04. The monoisotopic (exact) mass is 504 g/mol. The highest BCUT2D eigenvalue weighted by molar-refractivity contribution is 5.96. The summed E-state index contributed by atoms with van der Waals surface area (Å²) < 4.78 is 46.7. The molecule has 0 unspecified atom stereocenters. The smallest absolute Gasteiger partial charge is 0.419 e. The van der Waals surface area contributed by atoms with Crippen molar-refractivity contribution in [1.29, 1.82) is 0 Å². The Morgan fingerprint density at radius 3 is 2.58 bits per heavy atom. The Kier molecular flexibility index (Phi) is 6.54. The lowest BCUT2D eigenvalue weighted by Gasteiger charge is -2.35. The average Bonchev–Trinajstić information content (AvgIpc) is 3.19. The van der Waals surface area contributed by atoms with Crippen molar-refractivity contribution < 1.29 is 27.5 Å². The maximum absolute atomic E-state index is 13.2. The minimum absolute atomic E-state index is 0.230. The van der Waals surface area contributed by atoms with Crippen molar-refractivity contribution in [2.75, 3.05) is 17.6 Å². The first-order chi connectivity index (χ1) is 16.8. The van der Waals surface area contributed by atoms with Crippen molar-refractivity contribution in [2.45, 2.75) is 57.9 Å². The summed E-state index contributed by atoms with van der Waals surface area (Å²) in [7, 11) is 0. The number of nitrogen functional groups attached to an aromatic ring is 1. The van der Waals surface area contributed by atoms with Crippen LogP contribution in [-0.4, -0.2) is 49.5 Å². The summed E-state index contributed by atoms with van der Waals surface area (Å²) in [4.78, 5) is 35.1. The number of ether oxygens (including phenoxy) is 1. The zero-order valence-corrected chi connectivity index (χ0v) is 20.1. The molecule has 1 atom stereocenters. The number of hydrogen-bond acceptors (Lipinski definition) is 6. The van der Waals surface area contributed by atoms with Crippen molar-refractivity contribution in [1.82, 2.24) is 19.3 Å². The van der Waals surface area contributed by atoms with Crippen LogP contribution in [0.25, 0.3) is 16.8 Å². The third-order valence-electron chi connectivity index (χ3n) is 5.69. The molecule has 0 bridgehead atoms. The number of hydrogen-bond donors (Lipinski definition) is 2. The van der Waals surface area contributed by atoms with Crippen LogP contribution in [0.5, 0.6) is 0 Å². The molecule has 0 radical (unpaired) electrons. The Hall–Kier alpha value is -3.83. The second kappa shape index (κ2) is 9.32. The Balaban J connectivity index is 1.54. The molecule has 192 valence electrons. The lowest BCUT2D eigenvalue weighted by atomic mass is 10.0. The van der Waals surface area contributed by atoms with Gasteiger partial charge < -0.3 is 20.2 Å². The number of nitrogens with two attached hydrogens (primary N) is 1. The van der Waals surface area contributed by atoms with Gasteiger partial charge in [-0.3, -0.25) is 9.69 Å². The van der Waals surface area contributed by atoms with E-state index in [2.05, 4.69) is 15.3 Å². The highest BCUT2D eigenvalue weighted by Crippen LogP contribution is 2.35. The molecular formula is C24H27F3N6O3. The molecule has 12 heteroatoms. The van der Waals surface area contributed by atoms with Gasteiger partial charge in [0.15, 0.2) is 5.82 Å². The summed E-state index contributed by atoms with van der Waals surface area (Å²) in [5.74, 6) is -0.733. The number of anilines is 2. The zero-order valence-electron chi connectivity index (χ0n) is 20.1. The summed E-state index contributed by atoms with van der Waals surface area (Å²) in [6, 6.07) is 3.46. The number of aromatic nitrogens is 3. The Morgan fingerprint density at radius 1 is 1.14 bits per heavy atom. The lowest BCUT2D eigenvalue weighted by molar-refractivity contribution is -0.137. The molecule has 4 rings (SSSR count). The van der Waals surface area contributed by atoms with E-state index in [0.717, 1.165) is 18.9 Å². The highest BCUT2D eigenvalue weighted by Gasteiger charge is 2.35. The van der Waals surface area contributed by atoms with Gasteiger partial charge in [-0.1, -0.05) is 0 Å². The zero-order chi connectivity index (χ0) is 26.3. The molecule has 4 heterocycles. The fourth-order valence-corrected chi connectivity index (χ4v) is 4.04. The molecular weight excluding hydrogens is 477 g/mol. The van der Waals surface area contributed by atoms with Crippen LogP contribution < -0.4 is 11.1 Å². The number of alkyl halides is 3. The van der Waals surface area contributed by atoms with E-state index in [1.165, 1.54) is 11.1 Å². The van der Waals surface area contributed by atoms with Gasteiger partial charge in [0.25, 0.3) is 0 Å². The van der Waals surface area contributed by atoms with Gasteiger partial charge in [-0.05, 0) is 58.2 Å². The van der Waals surface area contributed by atoms with Crippen LogP contribution in [-0.2, 0) is 15.7 Å². The fraction of sp³-hybridized carbons (Fsp3) is 0.417. The largest absolute Gasteiger partial charge is 0.444 e. The van der Waals surface area contributed by atoms with Crippen molar-refractivity contribution in [2.24, 2.45) is 0 Å². The summed E-state index contributed by atoms with van der Waals surface area (Å²) in [6.45, 7) is 5.70. The minimum Gasteiger partial charge on any atom is -0.444 e. The number of fused-ring (bicyclic) bond motifs is 1. The summed E-state index contributed by atoms with van der Waals surface area (Å²) in [5, 5.41) is 2.75. The van der Waals surface area contributed by atoms with E-state index >= 15 is 0 Å². The molecule has 36 heavy (non-hydrogen) atoms. The van der Waals surface area contributed by atoms with Crippen molar-refractivity contribution in [3.63, 3.8) is 0 Å². The predicted octanol–water partition coefficient (Wildman–Crippen LogP) is 4.73. The quantitative estimate of drug-likeness (QED) is 0.533. The predicted molar refractivity (Wildman–Crippen MR) is 127 cm³/mol. The molecule has 3 aromatic heterocycles. The van der Waals surface area contributed by atoms with E-state index in [1.807, 2.05) is 0 Å². The maximum Gasteiger partial charge on any atom is 0.419 e. The molecule has 0 spiro atoms. The topological polar surface area (TPSA) is 115 Å². The highest BCUT2D eigenvalue weighted by atomic mass is 19.4. The van der Waals surface area contributed by atoms with Crippen molar-refractivity contribution in [3.05, 3.63) is 42.4 Å². The summed E-state index contributed by atoms with van der Waals surface area (Å²) in [6.07, 6.45) is 1.28. The maximum atomic E-state index is 13.2. The summed E-state index contributed by atoms with van der Waals surface area (Å²) >= 11 is 0. The van der Waals surface area contributed by atoms with Gasteiger partial charge in [0.1, 0.15) is 23.1 Å². The third kappa shape index (κ3) is 5.52. The second-order valence-corrected chi connectivity index (χ2v) is 9.64. The van der Waals surface area contributed by atoms with Crippen LogP contribution in [0.4, 0.5) is 29.6 Å². The van der Waals surface area contributed by atoms with E-state index in [0.29, 0.717) is 24.2 Å². The van der Waals surface area contributed by atoms with Crippen LogP contribution in [0.1, 0.15) is 45.6 Å². The number of piperidine rings is 1. The van der Waals surface area contributed by atoms with Crippen LogP contribution in [0, 0.1) is 0 Å². The number of carbonyl (C=O) groups is 2. The number of amides is 2. The number of pyridine rings is 2. The number of nitrogens with zero attached hydrogens (tertiary/aromatic N) is 4. The third-order valence-corrected chi connectivity index (χ3v) is 5.69. The first-order valence-electron chi connectivity index (χ1n) is 11.4. The molecule has 9 nitrogen and oxygen atoms in total. The molecule has 0 aromatic carbocycles. The Labute approximate surface area is 205 Å². The number of nitrogens with one attached hydrogen (secondary N) is 1. The van der Waals surface area contributed by atoms with E-state index in [9.17, 15) is 22.8 Å². The SMILES string of the molecule is CC(C)(C)OC(=O)N1CCCC[C@H]1C(=O)Nc1cn2cc(-c3cnc(N)c(C(F)(F)F)c3)ccc2n1. The van der Waals surface area contributed by atoms with Crippen molar-refractivity contribution in [3.8, 4) is 11.1 Å². The van der Waals surface area contributed by atoms with Gasteiger partial charge in [-0.25, -0.2) is 14.8 Å². The van der Waals surface area contributed by atoms with Gasteiger partial charge in [0, 0.05) is 30.1 Å². The molecule has 2 amide bonds. The molecule has 1 aliphatic heterocycles. The summed E-state index contributed by atoms with van der Waals surface area (Å²) in [5.41, 5.74) is 4.86. The average molecular weight is 505 g/mol. The minimum atomic E-state index is -4.63. The standard InChI is InChI=1S/C24H27F3N6O3/c1-23(2,3)36-22(35)33-9-5-4-6-17(33)21(34)31-18-13-32-12-14(7-8-19(32)30-18)15-10-16(24(25,26)27)20(28)29-11-15/h7-8,10-13,17H,4-6,9H2,1-3H3,(H2,28,29)(H,31,34)/t17-/m0/s1. The van der Waals surface area contributed by atoms with E-state index < -0.39 is 35.3 Å². The second-order valence-electron chi connectivity index (χ2n) is 9.64. The van der Waals surface area contributed by atoms with Gasteiger partial charge >= 0.3 is 12.3 Å². The molecule has 1 fully saturated rings. The number of halogens is 3. The van der Waals surface area contributed by atoms with Crippen LogP contribution in [0.3, 0.4) is 0 Å². The van der Waals surface area contributed by atoms with Gasteiger partial charge in [0.05, 0.1) is 11.8 Å². The molecule has 0 saturated carbocycles. The Morgan fingerprint density at radius 2 is 1.89 bits per heavy atom. The van der Waals surface area contributed by atoms with E-state index in [-0.39, 0.29) is 17.3 Å². The first-order valence-corrected chi connectivity index (χ1v) is 11.4. The number of carbonyl (C=O) groups excluding carboxylic acids is 2. The lowest BCUT2D eigenvalue weighted by Crippen LogP contribution is -2.51. The molecule has 1 saturated heterocycles. The first kappa shape index (κ1) is 25.3. The van der Waals surface area contributed by atoms with Crippen molar-refractivity contribution >= 4 is 29.3 Å². The Bertz CT molecular complexity index is 1300. The van der Waals surface area contributed by atoms with E-state index in [1.54, 1.807) is 49.7 Å². The normalized spacial score (nSPS) is 16.7. The van der Waals surface area contributed by atoms with E-state index in [4.69, 9.17) is 10.5 Å². The van der Waals surface area contributed by atoms with Crippen LogP contribution in [0.15, 0.2) is 36.8 Å². The van der Waals surface area contributed by atoms with Gasteiger partial charge in [-0.15, -0.1) is 0 Å².